The molecule has 3 aliphatic carbocycles. The second-order valence-corrected chi connectivity index (χ2v) is 8.09. The molecular weight excluding hydrogens is 288 g/mol. The number of ether oxygens (including phenoxy) is 3. The van der Waals surface area contributed by atoms with Crippen LogP contribution in [0.2, 0.25) is 0 Å². The van der Waals surface area contributed by atoms with Gasteiger partial charge in [-0.25, -0.2) is 0 Å². The van der Waals surface area contributed by atoms with Crippen molar-refractivity contribution in [2.24, 2.45) is 17.8 Å². The lowest BCUT2D eigenvalue weighted by Gasteiger charge is -2.57. The number of methoxy groups -OCH3 is 2. The minimum Gasteiger partial charge on any atom is -0.493 e. The molecule has 0 unspecified atom stereocenters. The van der Waals surface area contributed by atoms with E-state index in [4.69, 9.17) is 14.2 Å². The molecule has 1 aromatic rings. The Kier molecular flexibility index (Phi) is 2.87. The number of hydrogen-bond acceptors (Lipinski definition) is 3. The Hall–Kier alpha value is -1.22. The average molecular weight is 314 g/mol. The summed E-state index contributed by atoms with van der Waals surface area (Å²) in [5.41, 5.74) is 3.17. The van der Waals surface area contributed by atoms with Crippen molar-refractivity contribution in [1.82, 2.24) is 0 Å². The quantitative estimate of drug-likeness (QED) is 0.832. The Morgan fingerprint density at radius 2 is 2.13 bits per heavy atom. The van der Waals surface area contributed by atoms with E-state index in [0.717, 1.165) is 23.3 Å². The molecule has 2 fully saturated rings. The van der Waals surface area contributed by atoms with Crippen molar-refractivity contribution in [1.29, 1.82) is 0 Å². The lowest BCUT2D eigenvalue weighted by molar-refractivity contribution is -0.126. The van der Waals surface area contributed by atoms with Gasteiger partial charge in [-0.2, -0.15) is 0 Å². The van der Waals surface area contributed by atoms with Crippen LogP contribution in [-0.4, -0.2) is 26.4 Å². The zero-order valence-corrected chi connectivity index (χ0v) is 14.3. The molecule has 1 heterocycles. The first-order valence-corrected chi connectivity index (χ1v) is 9.10. The van der Waals surface area contributed by atoms with Crippen molar-refractivity contribution in [3.8, 4) is 11.5 Å². The lowest BCUT2D eigenvalue weighted by Crippen LogP contribution is -2.62. The maximum Gasteiger partial charge on any atom is 0.165 e. The molecule has 4 aliphatic rings. The van der Waals surface area contributed by atoms with Gasteiger partial charge in [-0.1, -0.05) is 19.4 Å². The van der Waals surface area contributed by atoms with Crippen LogP contribution in [-0.2, 0) is 16.6 Å². The van der Waals surface area contributed by atoms with Crippen LogP contribution in [0.4, 0.5) is 0 Å². The van der Waals surface area contributed by atoms with E-state index in [2.05, 4.69) is 19.1 Å². The van der Waals surface area contributed by atoms with Gasteiger partial charge >= 0.3 is 0 Å². The van der Waals surface area contributed by atoms with Crippen LogP contribution in [0.1, 0.15) is 43.7 Å². The summed E-state index contributed by atoms with van der Waals surface area (Å²) in [5.74, 6) is 4.06. The molecule has 1 aromatic carbocycles. The Bertz CT molecular complexity index is 655. The first-order chi connectivity index (χ1) is 11.2. The molecule has 0 saturated heterocycles. The van der Waals surface area contributed by atoms with Gasteiger partial charge in [0.25, 0.3) is 0 Å². The molecular formula is C20H26O3. The zero-order chi connectivity index (χ0) is 15.8. The number of rotatable bonds is 2. The van der Waals surface area contributed by atoms with Crippen LogP contribution in [0.15, 0.2) is 12.1 Å². The molecule has 0 N–H and O–H groups in total. The summed E-state index contributed by atoms with van der Waals surface area (Å²) in [4.78, 5) is 0. The van der Waals surface area contributed by atoms with Crippen molar-refractivity contribution >= 4 is 0 Å². The first-order valence-electron chi connectivity index (χ1n) is 9.10. The molecule has 6 atom stereocenters. The summed E-state index contributed by atoms with van der Waals surface area (Å²) in [6.45, 7) is 2.34. The third kappa shape index (κ3) is 1.55. The summed E-state index contributed by atoms with van der Waals surface area (Å²) in [6.07, 6.45) is 6.80. The third-order valence-electron chi connectivity index (χ3n) is 7.28. The minimum absolute atomic E-state index is 0.161. The summed E-state index contributed by atoms with van der Waals surface area (Å²) < 4.78 is 18.2. The van der Waals surface area contributed by atoms with Crippen LogP contribution >= 0.6 is 0 Å². The molecule has 2 saturated carbocycles. The van der Waals surface area contributed by atoms with Crippen molar-refractivity contribution in [3.63, 3.8) is 0 Å². The number of hydrogen-bond donors (Lipinski definition) is 0. The van der Waals surface area contributed by atoms with Gasteiger partial charge in [0.15, 0.2) is 11.5 Å². The first kappa shape index (κ1) is 14.2. The van der Waals surface area contributed by atoms with Crippen LogP contribution in [0.5, 0.6) is 11.5 Å². The van der Waals surface area contributed by atoms with E-state index in [1.165, 1.54) is 43.2 Å². The van der Waals surface area contributed by atoms with Crippen molar-refractivity contribution < 1.29 is 14.2 Å². The standard InChI is InChI=1S/C20H26O3/c1-11-9-14-12-5-4-8-20(14)16-13(10-12)6-7-15(21-2)18(16)23-19(20)17(11)22-3/h6-7,11-12,14,17,19H,4-5,8-10H2,1-3H3/t11-,12-,14+,17+,19+,20+/m1/s1. The molecule has 0 radical (unpaired) electrons. The summed E-state index contributed by atoms with van der Waals surface area (Å²) >= 11 is 0. The average Bonchev–Trinajstić information content (AvgIpc) is 2.87. The van der Waals surface area contributed by atoms with Gasteiger partial charge < -0.3 is 14.2 Å². The highest BCUT2D eigenvalue weighted by atomic mass is 16.6. The Morgan fingerprint density at radius 1 is 1.26 bits per heavy atom. The van der Waals surface area contributed by atoms with E-state index in [-0.39, 0.29) is 17.6 Å². The monoisotopic (exact) mass is 314 g/mol. The Morgan fingerprint density at radius 3 is 2.91 bits per heavy atom. The van der Waals surface area contributed by atoms with Gasteiger partial charge in [0.05, 0.1) is 13.2 Å². The molecule has 2 bridgehead atoms. The second kappa shape index (κ2) is 4.66. The minimum atomic E-state index is 0.161. The highest BCUT2D eigenvalue weighted by Gasteiger charge is 2.65. The second-order valence-electron chi connectivity index (χ2n) is 8.09. The summed E-state index contributed by atoms with van der Waals surface area (Å²) in [7, 11) is 3.60. The maximum absolute atomic E-state index is 6.62. The van der Waals surface area contributed by atoms with Gasteiger partial charge in [-0.05, 0) is 55.1 Å². The largest absolute Gasteiger partial charge is 0.493 e. The van der Waals surface area contributed by atoms with Crippen LogP contribution < -0.4 is 9.47 Å². The van der Waals surface area contributed by atoms with Crippen molar-refractivity contribution in [3.05, 3.63) is 23.3 Å². The molecule has 1 aliphatic heterocycles. The molecule has 0 aromatic heterocycles. The summed E-state index contributed by atoms with van der Waals surface area (Å²) in [5, 5.41) is 0. The van der Waals surface area contributed by atoms with Crippen LogP contribution in [0.3, 0.4) is 0 Å². The Labute approximate surface area is 138 Å². The predicted octanol–water partition coefficient (Wildman–Crippen LogP) is 3.72. The molecule has 3 heteroatoms. The SMILES string of the molecule is COc1ccc2c3c1O[C@H]1[C@@H](OC)[C@H](C)C[C@H]4[C@H](CCC[C@@]341)C2. The highest BCUT2D eigenvalue weighted by molar-refractivity contribution is 5.60. The third-order valence-corrected chi connectivity index (χ3v) is 7.28. The number of benzene rings is 1. The fourth-order valence-corrected chi connectivity index (χ4v) is 6.54. The predicted molar refractivity (Wildman–Crippen MR) is 88.2 cm³/mol. The van der Waals surface area contributed by atoms with E-state index in [1.54, 1.807) is 7.11 Å². The lowest BCUT2D eigenvalue weighted by atomic mass is 9.47. The maximum atomic E-state index is 6.62. The zero-order valence-electron chi connectivity index (χ0n) is 14.3. The van der Waals surface area contributed by atoms with E-state index in [1.807, 2.05) is 7.11 Å². The van der Waals surface area contributed by atoms with Crippen molar-refractivity contribution in [2.45, 2.75) is 56.7 Å². The summed E-state index contributed by atoms with van der Waals surface area (Å²) in [6, 6.07) is 4.39. The highest BCUT2D eigenvalue weighted by Crippen LogP contribution is 2.66. The van der Waals surface area contributed by atoms with Gasteiger partial charge in [-0.3, -0.25) is 0 Å². The fraction of sp³-hybridized carbons (Fsp3) is 0.700. The normalized spacial score (nSPS) is 42.8. The van der Waals surface area contributed by atoms with Gasteiger partial charge in [-0.15, -0.1) is 0 Å². The van der Waals surface area contributed by atoms with Gasteiger partial charge in [0.2, 0.25) is 0 Å². The van der Waals surface area contributed by atoms with Gasteiger partial charge in [0, 0.05) is 18.1 Å². The molecule has 124 valence electrons. The van der Waals surface area contributed by atoms with Gasteiger partial charge in [0.1, 0.15) is 6.10 Å². The Balaban J connectivity index is 1.77. The van der Waals surface area contributed by atoms with E-state index in [9.17, 15) is 0 Å². The van der Waals surface area contributed by atoms with Crippen molar-refractivity contribution in [2.75, 3.05) is 14.2 Å². The molecule has 3 nitrogen and oxygen atoms in total. The smallest absolute Gasteiger partial charge is 0.165 e. The molecule has 1 spiro atoms. The van der Waals surface area contributed by atoms with E-state index < -0.39 is 0 Å². The molecule has 5 rings (SSSR count). The topological polar surface area (TPSA) is 27.7 Å². The van der Waals surface area contributed by atoms with Crippen LogP contribution in [0, 0.1) is 17.8 Å². The fourth-order valence-electron chi connectivity index (χ4n) is 6.54. The van der Waals surface area contributed by atoms with E-state index in [0.29, 0.717) is 5.92 Å². The van der Waals surface area contributed by atoms with Crippen LogP contribution in [0.25, 0.3) is 0 Å². The molecule has 0 amide bonds. The molecule has 23 heavy (non-hydrogen) atoms. The van der Waals surface area contributed by atoms with E-state index >= 15 is 0 Å².